The molecule has 1 atom stereocenters. The number of allylic oxidation sites excluding steroid dienone is 1. The highest BCUT2D eigenvalue weighted by Crippen LogP contribution is 2.48. The number of nitrogens with zero attached hydrogens (tertiary/aromatic N) is 1. The van der Waals surface area contributed by atoms with Gasteiger partial charge in [0.2, 0.25) is 0 Å². The Morgan fingerprint density at radius 3 is 2.36 bits per heavy atom. The summed E-state index contributed by atoms with van der Waals surface area (Å²) in [7, 11) is 4.97. The molecule has 1 unspecified atom stereocenters. The van der Waals surface area contributed by atoms with Gasteiger partial charge < -0.3 is 19.5 Å². The Hall–Kier alpha value is -2.68. The smallest absolute Gasteiger partial charge is 0.166 e. The molecule has 0 fully saturated rings. The van der Waals surface area contributed by atoms with Crippen molar-refractivity contribution in [2.45, 2.75) is 6.10 Å². The van der Waals surface area contributed by atoms with Crippen molar-refractivity contribution >= 4 is 17.3 Å². The number of hydrogen-bond acceptors (Lipinski definition) is 5. The lowest BCUT2D eigenvalue weighted by atomic mass is 9.88. The fraction of sp³-hybridized carbons (Fsp3) is 0.211. The molecule has 0 heterocycles. The first-order chi connectivity index (χ1) is 12.0. The molecule has 0 radical (unpaired) electrons. The second-order valence-corrected chi connectivity index (χ2v) is 5.62. The Morgan fingerprint density at radius 2 is 1.84 bits per heavy atom. The molecule has 2 aromatic rings. The van der Waals surface area contributed by atoms with Crippen LogP contribution in [0.2, 0.25) is 5.02 Å². The van der Waals surface area contributed by atoms with E-state index in [2.05, 4.69) is 18.0 Å². The first-order valence-electron chi connectivity index (χ1n) is 7.44. The zero-order valence-electron chi connectivity index (χ0n) is 14.3. The van der Waals surface area contributed by atoms with Crippen LogP contribution in [-0.2, 0) is 4.74 Å². The average molecular weight is 359 g/mol. The van der Waals surface area contributed by atoms with Gasteiger partial charge in [-0.05, 0) is 42.0 Å². The van der Waals surface area contributed by atoms with Gasteiger partial charge in [0.15, 0.2) is 11.5 Å². The molecule has 0 spiro atoms. The van der Waals surface area contributed by atoms with Gasteiger partial charge in [0, 0.05) is 23.4 Å². The summed E-state index contributed by atoms with van der Waals surface area (Å²) in [6, 6.07) is 12.9. The lowest BCUT2D eigenvalue weighted by molar-refractivity contribution is 0.121. The van der Waals surface area contributed by atoms with E-state index in [-0.39, 0.29) is 6.10 Å². The van der Waals surface area contributed by atoms with E-state index in [1.165, 1.54) is 0 Å². The second-order valence-electron chi connectivity index (χ2n) is 5.18. The van der Waals surface area contributed by atoms with Gasteiger partial charge in [-0.1, -0.05) is 18.2 Å². The summed E-state index contributed by atoms with van der Waals surface area (Å²) >= 11 is 5.67. The van der Waals surface area contributed by atoms with Gasteiger partial charge in [-0.3, -0.25) is 0 Å². The van der Waals surface area contributed by atoms with Crippen molar-refractivity contribution in [1.82, 2.24) is 0 Å². The summed E-state index contributed by atoms with van der Waals surface area (Å²) in [5, 5.41) is 11.9. The van der Waals surface area contributed by atoms with Crippen LogP contribution < -0.4 is 14.8 Å². The topological polar surface area (TPSA) is 63.5 Å². The van der Waals surface area contributed by atoms with E-state index in [0.29, 0.717) is 10.7 Å². The van der Waals surface area contributed by atoms with Crippen molar-refractivity contribution in [1.29, 1.82) is 5.26 Å². The van der Waals surface area contributed by atoms with Gasteiger partial charge in [-0.25, -0.2) is 0 Å². The Balaban J connectivity index is 0.000000181. The SMILES string of the molecule is C=C(C#N)Nc1ccc(Cl)cc1.COc1cc2cc(c1OC)C2OC. The number of rotatable bonds is 5. The number of benzene rings is 2. The zero-order chi connectivity index (χ0) is 18.4. The van der Waals surface area contributed by atoms with Gasteiger partial charge in [0.05, 0.1) is 14.2 Å². The third kappa shape index (κ3) is 4.24. The van der Waals surface area contributed by atoms with Gasteiger partial charge in [0.1, 0.15) is 17.9 Å². The predicted molar refractivity (Wildman–Crippen MR) is 98.2 cm³/mol. The highest BCUT2D eigenvalue weighted by molar-refractivity contribution is 6.30. The molecular formula is C19H19ClN2O3. The number of fused-ring (bicyclic) bond motifs is 2. The first kappa shape index (κ1) is 18.7. The third-order valence-electron chi connectivity index (χ3n) is 3.63. The van der Waals surface area contributed by atoms with E-state index in [1.807, 2.05) is 12.1 Å². The number of hydrogen-bond donors (Lipinski definition) is 1. The number of ether oxygens (including phenoxy) is 3. The minimum atomic E-state index is 0.0776. The molecule has 0 saturated carbocycles. The van der Waals surface area contributed by atoms with Crippen molar-refractivity contribution in [3.05, 3.63) is 64.8 Å². The molecular weight excluding hydrogens is 340 g/mol. The third-order valence-corrected chi connectivity index (χ3v) is 3.88. The van der Waals surface area contributed by atoms with Crippen LogP contribution in [0.3, 0.4) is 0 Å². The number of halogens is 1. The minimum absolute atomic E-state index is 0.0776. The Bertz CT molecular complexity index is 798. The zero-order valence-corrected chi connectivity index (χ0v) is 15.1. The quantitative estimate of drug-likeness (QED) is 0.795. The number of nitrogens with one attached hydrogen (secondary N) is 1. The fourth-order valence-corrected chi connectivity index (χ4v) is 2.57. The highest BCUT2D eigenvalue weighted by atomic mass is 35.5. The van der Waals surface area contributed by atoms with Crippen LogP contribution in [0.15, 0.2) is 48.7 Å². The molecule has 0 saturated heterocycles. The van der Waals surface area contributed by atoms with Crippen LogP contribution in [0.1, 0.15) is 17.2 Å². The maximum absolute atomic E-state index is 8.41. The van der Waals surface area contributed by atoms with E-state index >= 15 is 0 Å². The summed E-state index contributed by atoms with van der Waals surface area (Å²) in [6.07, 6.45) is 0.0776. The van der Waals surface area contributed by atoms with Crippen LogP contribution in [0.5, 0.6) is 11.5 Å². The van der Waals surface area contributed by atoms with Gasteiger partial charge >= 0.3 is 0 Å². The van der Waals surface area contributed by atoms with Gasteiger partial charge in [0.25, 0.3) is 0 Å². The highest BCUT2D eigenvalue weighted by Gasteiger charge is 2.31. The maximum Gasteiger partial charge on any atom is 0.166 e. The predicted octanol–water partition coefficient (Wildman–Crippen LogP) is 4.54. The van der Waals surface area contributed by atoms with Crippen LogP contribution in [0, 0.1) is 11.3 Å². The lowest BCUT2D eigenvalue weighted by Crippen LogP contribution is -2.15. The second kappa shape index (κ2) is 8.43. The molecule has 6 heteroatoms. The fourth-order valence-electron chi connectivity index (χ4n) is 2.44. The summed E-state index contributed by atoms with van der Waals surface area (Å²) in [5.41, 5.74) is 3.35. The maximum atomic E-state index is 8.41. The summed E-state index contributed by atoms with van der Waals surface area (Å²) in [6.45, 7) is 3.49. The molecule has 0 aromatic heterocycles. The molecule has 0 aliphatic heterocycles. The van der Waals surface area contributed by atoms with Gasteiger partial charge in [-0.2, -0.15) is 5.26 Å². The standard InChI is InChI=1S/C10H12O3.C9H7ClN2/c1-11-8-5-6-4-7(9(6)12-2)10(8)13-3;1-7(6-11)12-9-4-2-8(10)3-5-9/h4-5,9H,1-3H3;2-5,12H,1H2. The Kier molecular flexibility index (Phi) is 6.29. The van der Waals surface area contributed by atoms with E-state index < -0.39 is 0 Å². The summed E-state index contributed by atoms with van der Waals surface area (Å²) in [5.74, 6) is 1.56. The van der Waals surface area contributed by atoms with Crippen molar-refractivity contribution in [3.8, 4) is 17.6 Å². The number of anilines is 1. The Morgan fingerprint density at radius 1 is 1.16 bits per heavy atom. The van der Waals surface area contributed by atoms with E-state index in [4.69, 9.17) is 31.1 Å². The van der Waals surface area contributed by atoms with Crippen LogP contribution in [-0.4, -0.2) is 21.3 Å². The van der Waals surface area contributed by atoms with Crippen LogP contribution in [0.25, 0.3) is 0 Å². The van der Waals surface area contributed by atoms with Crippen LogP contribution in [0.4, 0.5) is 5.69 Å². The number of methoxy groups -OCH3 is 3. The first-order valence-corrected chi connectivity index (χ1v) is 7.82. The van der Waals surface area contributed by atoms with Crippen molar-refractivity contribution in [3.63, 3.8) is 0 Å². The Labute approximate surface area is 152 Å². The molecule has 1 N–H and O–H groups in total. The minimum Gasteiger partial charge on any atom is -0.493 e. The normalized spacial score (nSPS) is 13.5. The molecule has 130 valence electrons. The molecule has 25 heavy (non-hydrogen) atoms. The van der Waals surface area contributed by atoms with E-state index in [1.54, 1.807) is 45.6 Å². The summed E-state index contributed by atoms with van der Waals surface area (Å²) < 4.78 is 15.7. The van der Waals surface area contributed by atoms with Crippen molar-refractivity contribution in [2.75, 3.05) is 26.6 Å². The van der Waals surface area contributed by atoms with Gasteiger partial charge in [-0.15, -0.1) is 0 Å². The lowest BCUT2D eigenvalue weighted by Gasteiger charge is -2.29. The monoisotopic (exact) mass is 358 g/mol. The molecule has 2 aliphatic carbocycles. The molecule has 2 bridgehead atoms. The number of nitriles is 1. The van der Waals surface area contributed by atoms with E-state index in [9.17, 15) is 0 Å². The largest absolute Gasteiger partial charge is 0.493 e. The molecule has 2 aromatic carbocycles. The summed E-state index contributed by atoms with van der Waals surface area (Å²) in [4.78, 5) is 0. The molecule has 5 nitrogen and oxygen atoms in total. The van der Waals surface area contributed by atoms with Crippen molar-refractivity contribution in [2.24, 2.45) is 0 Å². The van der Waals surface area contributed by atoms with E-state index in [0.717, 1.165) is 28.3 Å². The average Bonchev–Trinajstić information content (AvgIpc) is 2.63. The molecule has 4 rings (SSSR count). The molecule has 0 amide bonds. The molecule has 2 aliphatic rings. The van der Waals surface area contributed by atoms with Crippen LogP contribution >= 0.6 is 11.6 Å². The van der Waals surface area contributed by atoms with Crippen molar-refractivity contribution < 1.29 is 14.2 Å².